The van der Waals surface area contributed by atoms with Crippen molar-refractivity contribution in [2.24, 2.45) is 0 Å². The molecule has 142 valence electrons. The third kappa shape index (κ3) is 6.98. The molecule has 2 aromatic carbocycles. The van der Waals surface area contributed by atoms with Crippen molar-refractivity contribution < 1.29 is 19.0 Å². The van der Waals surface area contributed by atoms with E-state index in [1.165, 1.54) is 0 Å². The van der Waals surface area contributed by atoms with Crippen molar-refractivity contribution in [3.63, 3.8) is 0 Å². The normalized spacial score (nSPS) is 10.7. The first-order valence-electron chi connectivity index (χ1n) is 8.91. The number of rotatable bonds is 10. The van der Waals surface area contributed by atoms with Crippen LogP contribution in [0, 0.1) is 13.8 Å². The van der Waals surface area contributed by atoms with Gasteiger partial charge in [0.25, 0.3) is 0 Å². The number of ether oxygens (including phenoxy) is 3. The maximum atomic E-state index is 12.9. The molecule has 27 heavy (non-hydrogen) atoms. The molecule has 0 aliphatic heterocycles. The second-order valence-corrected chi connectivity index (χ2v) is 7.10. The molecule has 0 bridgehead atoms. The summed E-state index contributed by atoms with van der Waals surface area (Å²) in [5.41, 5.74) is 2.78. The van der Waals surface area contributed by atoms with Gasteiger partial charge < -0.3 is 14.2 Å². The summed E-state index contributed by atoms with van der Waals surface area (Å²) in [6.07, 6.45) is 0. The van der Waals surface area contributed by atoms with Crippen molar-refractivity contribution >= 4 is 38.3 Å². The third-order valence-corrected chi connectivity index (χ3v) is 5.03. The van der Waals surface area contributed by atoms with Crippen LogP contribution in [-0.2, 0) is 4.74 Å². The predicted molar refractivity (Wildman–Crippen MR) is 115 cm³/mol. The second-order valence-electron chi connectivity index (χ2n) is 5.86. The summed E-state index contributed by atoms with van der Waals surface area (Å²) in [4.78, 5) is 12.9. The van der Waals surface area contributed by atoms with Crippen molar-refractivity contribution in [3.8, 4) is 11.5 Å². The summed E-state index contributed by atoms with van der Waals surface area (Å²) in [7, 11) is 0.0117. The standard InChI is InChI=1S/C21H27O4P.Li.H/c1-5-23-11-12-25-18-9-7-8-10-19(18)26-21(22)20-15(3)13-17(24-6-2)14-16(20)4;;/h7-10,13-14,26H,5-6,11-12H2,1-4H3;;. The average Bonchev–Trinajstić information content (AvgIpc) is 2.59. The SMILES string of the molecule is CCOCCOc1ccccc1PC(=O)c1c(C)cc(OCC)cc1C.[LiH]. The number of para-hydroxylation sites is 1. The molecule has 2 aromatic rings. The topological polar surface area (TPSA) is 44.8 Å². The Labute approximate surface area is 175 Å². The molecule has 0 aliphatic rings. The van der Waals surface area contributed by atoms with E-state index in [1.807, 2.05) is 64.1 Å². The Morgan fingerprint density at radius 2 is 1.63 bits per heavy atom. The van der Waals surface area contributed by atoms with Crippen LogP contribution in [0.25, 0.3) is 0 Å². The van der Waals surface area contributed by atoms with E-state index in [-0.39, 0.29) is 33.0 Å². The van der Waals surface area contributed by atoms with Crippen molar-refractivity contribution in [2.45, 2.75) is 27.7 Å². The summed E-state index contributed by atoms with van der Waals surface area (Å²) in [6.45, 7) is 10.1. The van der Waals surface area contributed by atoms with Gasteiger partial charge in [0.1, 0.15) is 18.1 Å². The molecule has 0 spiro atoms. The molecule has 1 atom stereocenters. The van der Waals surface area contributed by atoms with Crippen molar-refractivity contribution in [3.05, 3.63) is 53.1 Å². The van der Waals surface area contributed by atoms with Crippen LogP contribution in [0.1, 0.15) is 35.3 Å². The van der Waals surface area contributed by atoms with Gasteiger partial charge in [0.15, 0.2) is 5.52 Å². The summed E-state index contributed by atoms with van der Waals surface area (Å²) in [5.74, 6) is 1.56. The van der Waals surface area contributed by atoms with E-state index < -0.39 is 0 Å². The monoisotopic (exact) mass is 382 g/mol. The molecule has 6 heteroatoms. The molecule has 0 fully saturated rings. The number of benzene rings is 2. The van der Waals surface area contributed by atoms with E-state index in [4.69, 9.17) is 14.2 Å². The number of hydrogen-bond acceptors (Lipinski definition) is 4. The zero-order chi connectivity index (χ0) is 18.9. The minimum atomic E-state index is 0. The zero-order valence-electron chi connectivity index (χ0n) is 15.9. The van der Waals surface area contributed by atoms with Gasteiger partial charge in [-0.1, -0.05) is 18.2 Å². The number of carbonyl (C=O) groups excluding carboxylic acids is 1. The molecule has 0 amide bonds. The van der Waals surface area contributed by atoms with Crippen LogP contribution in [0.4, 0.5) is 0 Å². The fourth-order valence-electron chi connectivity index (χ4n) is 2.77. The predicted octanol–water partition coefficient (Wildman–Crippen LogP) is 3.61. The molecule has 0 saturated carbocycles. The summed E-state index contributed by atoms with van der Waals surface area (Å²) in [5, 5.41) is 0.918. The molecule has 2 rings (SSSR count). The van der Waals surface area contributed by atoms with Gasteiger partial charge in [-0.25, -0.2) is 0 Å². The molecule has 0 heterocycles. The Morgan fingerprint density at radius 3 is 2.26 bits per heavy atom. The van der Waals surface area contributed by atoms with E-state index in [1.54, 1.807) is 0 Å². The Morgan fingerprint density at radius 1 is 0.963 bits per heavy atom. The first-order chi connectivity index (χ1) is 12.6. The van der Waals surface area contributed by atoms with Gasteiger partial charge >= 0.3 is 18.9 Å². The Hall–Kier alpha value is -1.30. The number of hydrogen-bond donors (Lipinski definition) is 0. The van der Waals surface area contributed by atoms with Gasteiger partial charge in [0, 0.05) is 17.5 Å². The fraction of sp³-hybridized carbons (Fsp3) is 0.381. The number of carbonyl (C=O) groups is 1. The fourth-order valence-corrected chi connectivity index (χ4v) is 3.99. The van der Waals surface area contributed by atoms with E-state index in [0.717, 1.165) is 33.5 Å². The third-order valence-electron chi connectivity index (χ3n) is 3.87. The van der Waals surface area contributed by atoms with Crippen LogP contribution in [0.15, 0.2) is 36.4 Å². The van der Waals surface area contributed by atoms with Gasteiger partial charge in [0.05, 0.1) is 13.2 Å². The molecule has 4 nitrogen and oxygen atoms in total. The van der Waals surface area contributed by atoms with Gasteiger partial charge in [-0.05, 0) is 65.6 Å². The van der Waals surface area contributed by atoms with E-state index in [9.17, 15) is 4.79 Å². The molecule has 0 N–H and O–H groups in total. The van der Waals surface area contributed by atoms with E-state index in [2.05, 4.69) is 0 Å². The first-order valence-corrected chi connectivity index (χ1v) is 9.91. The van der Waals surface area contributed by atoms with Crippen LogP contribution in [0.5, 0.6) is 11.5 Å². The molecule has 0 aromatic heterocycles. The van der Waals surface area contributed by atoms with Gasteiger partial charge in [-0.2, -0.15) is 0 Å². The van der Waals surface area contributed by atoms with Crippen molar-refractivity contribution in [1.82, 2.24) is 0 Å². The molecule has 0 saturated heterocycles. The minimum absolute atomic E-state index is 0. The molecular formula is C21H28LiO4P. The summed E-state index contributed by atoms with van der Waals surface area (Å²) < 4.78 is 16.7. The second kappa shape index (κ2) is 12.2. The van der Waals surface area contributed by atoms with Crippen LogP contribution < -0.4 is 14.8 Å². The van der Waals surface area contributed by atoms with Crippen LogP contribution in [-0.4, -0.2) is 50.8 Å². The maximum absolute atomic E-state index is 12.9. The first kappa shape index (κ1) is 23.7. The van der Waals surface area contributed by atoms with Crippen LogP contribution in [0.3, 0.4) is 0 Å². The van der Waals surface area contributed by atoms with Gasteiger partial charge in [0.2, 0.25) is 0 Å². The summed E-state index contributed by atoms with van der Waals surface area (Å²) in [6, 6.07) is 11.6. The zero-order valence-corrected chi connectivity index (χ0v) is 16.9. The quantitative estimate of drug-likeness (QED) is 0.358. The van der Waals surface area contributed by atoms with Crippen LogP contribution >= 0.6 is 8.58 Å². The molecule has 0 radical (unpaired) electrons. The van der Waals surface area contributed by atoms with Crippen molar-refractivity contribution in [1.29, 1.82) is 0 Å². The summed E-state index contributed by atoms with van der Waals surface area (Å²) >= 11 is 0. The molecule has 1 unspecified atom stereocenters. The van der Waals surface area contributed by atoms with Crippen LogP contribution in [0.2, 0.25) is 0 Å². The van der Waals surface area contributed by atoms with E-state index >= 15 is 0 Å². The number of aryl methyl sites for hydroxylation is 2. The van der Waals surface area contributed by atoms with Gasteiger partial charge in [-0.3, -0.25) is 4.79 Å². The van der Waals surface area contributed by atoms with E-state index in [0.29, 0.717) is 26.4 Å². The van der Waals surface area contributed by atoms with Gasteiger partial charge in [-0.15, -0.1) is 0 Å². The Kier molecular flexibility index (Phi) is 10.7. The average molecular weight is 382 g/mol. The Balaban J connectivity index is 0.00000364. The molecule has 0 aliphatic carbocycles. The van der Waals surface area contributed by atoms with Crippen molar-refractivity contribution in [2.75, 3.05) is 26.4 Å². The molecular weight excluding hydrogens is 354 g/mol. The Bertz CT molecular complexity index is 726.